The zero-order valence-corrected chi connectivity index (χ0v) is 5.65. The third kappa shape index (κ3) is 32.7. The molecule has 0 heterocycles. The van der Waals surface area contributed by atoms with Crippen molar-refractivity contribution in [3.8, 4) is 0 Å². The molecule has 5 heteroatoms. The Balaban J connectivity index is 0. The summed E-state index contributed by atoms with van der Waals surface area (Å²) >= 11 is 0. The Morgan fingerprint density at radius 3 is 0.600 bits per heavy atom. The second-order valence-corrected chi connectivity index (χ2v) is 0. The van der Waals surface area contributed by atoms with Gasteiger partial charge in [-0.15, -0.1) is 0 Å². The molecule has 3 nitrogen and oxygen atoms in total. The molecule has 0 unspecified atom stereocenters. The quantitative estimate of drug-likeness (QED) is 0.525. The topological polar surface area (TPSA) is 85.5 Å². The van der Waals surface area contributed by atoms with E-state index in [1.807, 2.05) is 0 Å². The van der Waals surface area contributed by atoms with Gasteiger partial charge in [0, 0.05) is 0 Å². The predicted octanol–water partition coefficient (Wildman–Crippen LogP) is -0.361. The van der Waals surface area contributed by atoms with Gasteiger partial charge in [-0.3, -0.25) is 0 Å². The molecule has 0 bridgehead atoms. The predicted molar refractivity (Wildman–Crippen MR) is 2.06 cm³/mol. The van der Waals surface area contributed by atoms with Gasteiger partial charge in [-0.25, -0.2) is 0 Å². The van der Waals surface area contributed by atoms with E-state index in [0.717, 1.165) is 0 Å². The second-order valence-electron chi connectivity index (χ2n) is 0. The van der Waals surface area contributed by atoms with Gasteiger partial charge in [-0.1, -0.05) is 0 Å². The first-order valence-corrected chi connectivity index (χ1v) is 0. The van der Waals surface area contributed by atoms with Gasteiger partial charge in [0.2, 0.25) is 0 Å². The van der Waals surface area contributed by atoms with Crippen molar-refractivity contribution in [1.82, 2.24) is 0 Å². The van der Waals surface area contributed by atoms with Gasteiger partial charge < -0.3 is 16.4 Å². The van der Waals surface area contributed by atoms with Crippen LogP contribution in [0.3, 0.4) is 0 Å². The van der Waals surface area contributed by atoms with E-state index in [1.165, 1.54) is 0 Å². The van der Waals surface area contributed by atoms with E-state index >= 15 is 0 Å². The summed E-state index contributed by atoms with van der Waals surface area (Å²) in [5, 5.41) is 0. The van der Waals surface area contributed by atoms with Crippen LogP contribution in [-0.2, 0) is 61.2 Å². The van der Waals surface area contributed by atoms with Gasteiger partial charge in [-0.2, -0.15) is 0 Å². The van der Waals surface area contributed by atoms with Crippen molar-refractivity contribution < 1.29 is 61.2 Å². The van der Waals surface area contributed by atoms with E-state index in [1.54, 1.807) is 0 Å². The number of hydrogen-bond donors (Lipinski definition) is 0. The van der Waals surface area contributed by atoms with Crippen LogP contribution in [0.1, 0.15) is 0 Å². The fraction of sp³-hybridized carbons (Fsp3) is 0. The Bertz CT molecular complexity index is 6.85. The van der Waals surface area contributed by atoms with Crippen LogP contribution in [0.25, 0.3) is 0 Å². The Morgan fingerprint density at radius 2 is 0.600 bits per heavy atom. The molecule has 34 valence electrons. The van der Waals surface area contributed by atoms with E-state index in [0.29, 0.717) is 0 Å². The van der Waals surface area contributed by atoms with Crippen LogP contribution in [0, 0.1) is 0 Å². The van der Waals surface area contributed by atoms with Crippen LogP contribution in [-0.4, -0.2) is 0 Å². The summed E-state index contributed by atoms with van der Waals surface area (Å²) in [7, 11) is 0. The molecule has 0 saturated carbocycles. The van der Waals surface area contributed by atoms with Gasteiger partial charge in [0.25, 0.3) is 0 Å². The molecular weight excluding hydrogens is 249 g/mol. The molecule has 0 aliphatic heterocycles. The molecule has 0 N–H and O–H groups in total. The zero-order valence-electron chi connectivity index (χ0n) is 1.97. The summed E-state index contributed by atoms with van der Waals surface area (Å²) in [6.07, 6.45) is 0. The molecule has 0 atom stereocenters. The number of hydrogen-bond acceptors (Lipinski definition) is 0. The Hall–Kier alpha value is 1.36. The fourth-order valence-electron chi connectivity index (χ4n) is 0. The van der Waals surface area contributed by atoms with Crippen LogP contribution in [0.4, 0.5) is 0 Å². The van der Waals surface area contributed by atoms with E-state index in [4.69, 9.17) is 0 Å². The molecule has 0 amide bonds. The third-order valence-electron chi connectivity index (χ3n) is 0. The van der Waals surface area contributed by atoms with Crippen molar-refractivity contribution in [2.45, 2.75) is 0 Å². The van der Waals surface area contributed by atoms with Gasteiger partial charge in [0.1, 0.15) is 0 Å². The van der Waals surface area contributed by atoms with Crippen molar-refractivity contribution in [1.29, 1.82) is 0 Å². The molecule has 0 aromatic rings. The van der Waals surface area contributed by atoms with Crippen LogP contribution < -0.4 is 0 Å². The maximum absolute atomic E-state index is 0. The standard InChI is InChI=1S/Ag.Nb.3O/q+1;+5;3*-2. The molecule has 0 spiro atoms. The first kappa shape index (κ1) is 98.7. The van der Waals surface area contributed by atoms with E-state index < -0.39 is 0 Å². The van der Waals surface area contributed by atoms with E-state index in [9.17, 15) is 0 Å². The van der Waals surface area contributed by atoms with Crippen LogP contribution in [0.15, 0.2) is 0 Å². The first-order valence-electron chi connectivity index (χ1n) is 0. The van der Waals surface area contributed by atoms with E-state index in [-0.39, 0.29) is 61.2 Å². The monoisotopic (exact) mass is 248 g/mol. The first-order chi connectivity index (χ1) is 0. The Kier molecular flexibility index (Phi) is 1090. The van der Waals surface area contributed by atoms with E-state index in [2.05, 4.69) is 0 Å². The summed E-state index contributed by atoms with van der Waals surface area (Å²) in [5.41, 5.74) is 0. The maximum Gasteiger partial charge on any atom is 5.00 e. The van der Waals surface area contributed by atoms with Gasteiger partial charge in [-0.05, 0) is 0 Å². The van der Waals surface area contributed by atoms with Crippen molar-refractivity contribution in [2.75, 3.05) is 0 Å². The zero-order chi connectivity index (χ0) is 0. The summed E-state index contributed by atoms with van der Waals surface area (Å²) in [6, 6.07) is 0. The third-order valence-corrected chi connectivity index (χ3v) is 0. The Labute approximate surface area is 61.1 Å². The molecule has 0 aliphatic rings. The van der Waals surface area contributed by atoms with Crippen molar-refractivity contribution in [2.24, 2.45) is 0 Å². The average Bonchev–Trinajstić information content (AvgIpc) is 0. The average molecular weight is 249 g/mol. The Morgan fingerprint density at radius 1 is 0.600 bits per heavy atom. The summed E-state index contributed by atoms with van der Waals surface area (Å²) in [5.74, 6) is 0. The van der Waals surface area contributed by atoms with Crippen LogP contribution in [0.2, 0.25) is 0 Å². The largest absolute Gasteiger partial charge is 5.00 e. The minimum atomic E-state index is 0. The van der Waals surface area contributed by atoms with Crippen LogP contribution in [0.5, 0.6) is 0 Å². The molecule has 0 saturated heterocycles. The molecule has 0 rings (SSSR count). The smallest absolute Gasteiger partial charge is 2.00 e. The maximum atomic E-state index is 0. The summed E-state index contributed by atoms with van der Waals surface area (Å²) < 4.78 is 0. The summed E-state index contributed by atoms with van der Waals surface area (Å²) in [4.78, 5) is 0. The van der Waals surface area contributed by atoms with Gasteiger partial charge >= 0.3 is 44.8 Å². The molecule has 0 radical (unpaired) electrons. The minimum Gasteiger partial charge on any atom is -2.00 e. The van der Waals surface area contributed by atoms with Crippen molar-refractivity contribution in [3.05, 3.63) is 0 Å². The molecule has 0 fully saturated rings. The molecule has 0 aromatic carbocycles. The van der Waals surface area contributed by atoms with Crippen LogP contribution >= 0.6 is 0 Å². The van der Waals surface area contributed by atoms with Crippen molar-refractivity contribution >= 4 is 0 Å². The second kappa shape index (κ2) is 55.1. The van der Waals surface area contributed by atoms with Gasteiger partial charge in [0.05, 0.1) is 0 Å². The molecular formula is AgNbO3. The molecule has 0 aromatic heterocycles. The normalized spacial score (nSPS) is 0. The molecule has 0 aliphatic carbocycles. The van der Waals surface area contributed by atoms with Crippen molar-refractivity contribution in [3.63, 3.8) is 0 Å². The molecule has 5 heavy (non-hydrogen) atoms. The SMILES string of the molecule is [Ag+].[Nb+5].[O-2].[O-2].[O-2]. The minimum absolute atomic E-state index is 0. The fourth-order valence-corrected chi connectivity index (χ4v) is 0. The summed E-state index contributed by atoms with van der Waals surface area (Å²) in [6.45, 7) is 0. The number of rotatable bonds is 0. The van der Waals surface area contributed by atoms with Gasteiger partial charge in [0.15, 0.2) is 0 Å².